The number of likely N-dealkylation sites (N-methyl/N-ethyl adjacent to an activating group) is 1. The Morgan fingerprint density at radius 1 is 1.05 bits per heavy atom. The number of thiazole rings is 1. The number of aromatic nitrogens is 1. The monoisotopic (exact) mass is 582 g/mol. The van der Waals surface area contributed by atoms with Crippen LogP contribution in [0.15, 0.2) is 72.1 Å². The molecule has 0 bridgehead atoms. The van der Waals surface area contributed by atoms with Crippen molar-refractivity contribution in [2.45, 2.75) is 13.5 Å². The Morgan fingerprint density at radius 2 is 1.79 bits per heavy atom. The second kappa shape index (κ2) is 12.1. The molecule has 38 heavy (non-hydrogen) atoms. The first-order valence-corrected chi connectivity index (χ1v) is 15.3. The number of carbonyl (C=O) groups is 1. The topological polar surface area (TPSA) is 72.3 Å². The first kappa shape index (κ1) is 26.3. The Balaban J connectivity index is 1.21. The molecule has 1 amide bonds. The molecule has 0 atom stereocenters. The fourth-order valence-corrected chi connectivity index (χ4v) is 7.80. The van der Waals surface area contributed by atoms with E-state index in [2.05, 4.69) is 64.8 Å². The van der Waals surface area contributed by atoms with Crippen LogP contribution in [-0.2, 0) is 6.54 Å². The van der Waals surface area contributed by atoms with Gasteiger partial charge in [-0.15, -0.1) is 0 Å². The summed E-state index contributed by atoms with van der Waals surface area (Å²) >= 11 is 1.34. The van der Waals surface area contributed by atoms with Gasteiger partial charge in [-0.25, -0.2) is 0 Å². The number of nitriles is 1. The predicted octanol–water partition coefficient (Wildman–Crippen LogP) is 3.64. The molecule has 6 nitrogen and oxygen atoms in total. The van der Waals surface area contributed by atoms with Gasteiger partial charge in [-0.2, -0.15) is 0 Å². The van der Waals surface area contributed by atoms with E-state index >= 15 is 0 Å². The zero-order valence-corrected chi connectivity index (χ0v) is 24.2. The zero-order valence-electron chi connectivity index (χ0n) is 21.5. The van der Waals surface area contributed by atoms with Crippen LogP contribution in [0, 0.1) is 18.3 Å². The molecular formula is C30H29AsN5OS. The van der Waals surface area contributed by atoms with Crippen molar-refractivity contribution in [2.75, 3.05) is 38.5 Å². The van der Waals surface area contributed by atoms with Gasteiger partial charge in [0.25, 0.3) is 0 Å². The van der Waals surface area contributed by atoms with Crippen molar-refractivity contribution in [3.63, 3.8) is 0 Å². The van der Waals surface area contributed by atoms with E-state index in [-0.39, 0.29) is 21.7 Å². The van der Waals surface area contributed by atoms with E-state index in [1.165, 1.54) is 15.5 Å². The summed E-state index contributed by atoms with van der Waals surface area (Å²) in [7, 11) is 2.16. The van der Waals surface area contributed by atoms with Crippen LogP contribution in [0.5, 0.6) is 0 Å². The molecular weight excluding hydrogens is 553 g/mol. The fraction of sp³-hybridized carbons (Fsp3) is 0.233. The fourth-order valence-electron chi connectivity index (χ4n) is 4.30. The number of benzene rings is 3. The molecule has 1 aliphatic rings. The Hall–Kier alpha value is -3.27. The third-order valence-corrected chi connectivity index (χ3v) is 10.6. The third-order valence-electron chi connectivity index (χ3n) is 6.70. The number of rotatable bonds is 7. The molecule has 191 valence electrons. The van der Waals surface area contributed by atoms with Crippen LogP contribution in [0.25, 0.3) is 11.3 Å². The minimum absolute atomic E-state index is 0.0976. The Bertz CT molecular complexity index is 1450. The molecule has 5 rings (SSSR count). The molecule has 1 aromatic heterocycles. The number of amides is 1. The van der Waals surface area contributed by atoms with E-state index in [0.29, 0.717) is 11.1 Å². The zero-order chi connectivity index (χ0) is 26.5. The van der Waals surface area contributed by atoms with Gasteiger partial charge in [0.05, 0.1) is 0 Å². The Kier molecular flexibility index (Phi) is 8.36. The first-order chi connectivity index (χ1) is 18.5. The van der Waals surface area contributed by atoms with E-state index in [1.54, 1.807) is 11.3 Å². The van der Waals surface area contributed by atoms with Crippen LogP contribution < -0.4 is 13.5 Å². The SMILES string of the molecule is Cc1ccc(NC(=O)c2ccc(CN3CCN(C)CC3)cc2)cc1[As]c1nc(-c2ccc(C#N)cc2)cs1. The van der Waals surface area contributed by atoms with Gasteiger partial charge in [0.15, 0.2) is 0 Å². The minimum atomic E-state index is -0.317. The Morgan fingerprint density at radius 3 is 2.50 bits per heavy atom. The summed E-state index contributed by atoms with van der Waals surface area (Å²) in [5.41, 5.74) is 6.49. The number of anilines is 1. The third kappa shape index (κ3) is 6.59. The van der Waals surface area contributed by atoms with Crippen LogP contribution >= 0.6 is 11.3 Å². The molecule has 1 fully saturated rings. The van der Waals surface area contributed by atoms with Crippen LogP contribution in [-0.4, -0.2) is 69.7 Å². The second-order valence-corrected chi connectivity index (χ2v) is 13.4. The van der Waals surface area contributed by atoms with Crippen molar-refractivity contribution in [2.24, 2.45) is 0 Å². The molecule has 1 N–H and O–H groups in total. The van der Waals surface area contributed by atoms with Crippen molar-refractivity contribution in [1.82, 2.24) is 14.8 Å². The van der Waals surface area contributed by atoms with E-state index < -0.39 is 0 Å². The predicted molar refractivity (Wildman–Crippen MR) is 156 cm³/mol. The van der Waals surface area contributed by atoms with Crippen LogP contribution in [0.2, 0.25) is 0 Å². The average molecular weight is 583 g/mol. The summed E-state index contributed by atoms with van der Waals surface area (Å²) in [6.45, 7) is 7.38. The van der Waals surface area contributed by atoms with Gasteiger partial charge in [-0.1, -0.05) is 0 Å². The van der Waals surface area contributed by atoms with Gasteiger partial charge in [-0.3, -0.25) is 0 Å². The number of aryl methyl sites for hydroxylation is 1. The summed E-state index contributed by atoms with van der Waals surface area (Å²) in [4.78, 5) is 22.6. The number of nitrogens with one attached hydrogen (secondary N) is 1. The molecule has 1 saturated heterocycles. The molecule has 4 aromatic rings. The standard InChI is InChI=1S/C30H29AsN5OS/c1-21-3-12-26(17-27(21)31-30-34-28(20-38-30)24-8-4-22(18-32)5-9-24)33-29(37)25-10-6-23(7-11-25)19-36-15-13-35(2)14-16-36/h3-12,17,20H,13-16,19H2,1-2H3,(H,33,37). The summed E-state index contributed by atoms with van der Waals surface area (Å²) in [6.07, 6.45) is 0. The van der Waals surface area contributed by atoms with Gasteiger partial charge in [-0.05, 0) is 7.05 Å². The van der Waals surface area contributed by atoms with E-state index in [0.717, 1.165) is 53.5 Å². The second-order valence-electron chi connectivity index (χ2n) is 9.55. The van der Waals surface area contributed by atoms with E-state index in [9.17, 15) is 4.79 Å². The molecule has 0 spiro atoms. The van der Waals surface area contributed by atoms with Gasteiger partial charge in [0, 0.05) is 13.1 Å². The summed E-state index contributed by atoms with van der Waals surface area (Å²) in [6, 6.07) is 23.7. The van der Waals surface area contributed by atoms with Gasteiger partial charge < -0.3 is 4.90 Å². The molecule has 3 aromatic carbocycles. The van der Waals surface area contributed by atoms with E-state index in [1.807, 2.05) is 42.5 Å². The Labute approximate surface area is 234 Å². The van der Waals surface area contributed by atoms with Crippen molar-refractivity contribution >= 4 is 46.8 Å². The maximum absolute atomic E-state index is 13.0. The van der Waals surface area contributed by atoms with Crippen molar-refractivity contribution in [3.05, 3.63) is 94.4 Å². The molecule has 1 aliphatic heterocycles. The molecule has 8 heteroatoms. The molecule has 0 unspecified atom stereocenters. The number of hydrogen-bond donors (Lipinski definition) is 1. The number of hydrogen-bond acceptors (Lipinski definition) is 6. The quantitative estimate of drug-likeness (QED) is 0.337. The summed E-state index contributed by atoms with van der Waals surface area (Å²) in [5, 5.41) is 14.2. The molecule has 2 heterocycles. The van der Waals surface area contributed by atoms with Crippen molar-refractivity contribution in [1.29, 1.82) is 5.26 Å². The van der Waals surface area contributed by atoms with Gasteiger partial charge in [0.1, 0.15) is 0 Å². The summed E-state index contributed by atoms with van der Waals surface area (Å²) < 4.78 is 2.32. The maximum atomic E-state index is 13.0. The van der Waals surface area contributed by atoms with Gasteiger partial charge in [0.2, 0.25) is 0 Å². The average Bonchev–Trinajstić information content (AvgIpc) is 3.41. The molecule has 0 saturated carbocycles. The van der Waals surface area contributed by atoms with Crippen molar-refractivity contribution < 1.29 is 4.79 Å². The summed E-state index contributed by atoms with van der Waals surface area (Å²) in [5.74, 6) is -0.0976. The van der Waals surface area contributed by atoms with E-state index in [4.69, 9.17) is 10.2 Å². The number of piperazine rings is 1. The van der Waals surface area contributed by atoms with Crippen LogP contribution in [0.1, 0.15) is 27.0 Å². The number of nitrogens with zero attached hydrogens (tertiary/aromatic N) is 4. The number of carbonyl (C=O) groups excluding carboxylic acids is 1. The van der Waals surface area contributed by atoms with Crippen molar-refractivity contribution in [3.8, 4) is 17.3 Å². The molecule has 1 radical (unpaired) electrons. The van der Waals surface area contributed by atoms with Crippen LogP contribution in [0.3, 0.4) is 0 Å². The normalized spacial score (nSPS) is 14.6. The first-order valence-electron chi connectivity index (χ1n) is 12.6. The van der Waals surface area contributed by atoms with Gasteiger partial charge >= 0.3 is 210 Å². The van der Waals surface area contributed by atoms with Crippen LogP contribution in [0.4, 0.5) is 5.69 Å². The molecule has 0 aliphatic carbocycles.